The summed E-state index contributed by atoms with van der Waals surface area (Å²) >= 11 is 0. The van der Waals surface area contributed by atoms with Gasteiger partial charge in [0, 0.05) is 6.07 Å². The van der Waals surface area contributed by atoms with Gasteiger partial charge in [-0.3, -0.25) is 14.5 Å². The van der Waals surface area contributed by atoms with Crippen LogP contribution in [0.5, 0.6) is 5.75 Å². The van der Waals surface area contributed by atoms with Crippen molar-refractivity contribution in [1.29, 1.82) is 0 Å². The van der Waals surface area contributed by atoms with E-state index >= 15 is 0 Å². The van der Waals surface area contributed by atoms with Gasteiger partial charge in [-0.15, -0.1) is 0 Å². The van der Waals surface area contributed by atoms with Crippen LogP contribution in [0.15, 0.2) is 35.1 Å². The summed E-state index contributed by atoms with van der Waals surface area (Å²) in [6, 6.07) is 7.47. The van der Waals surface area contributed by atoms with E-state index in [1.807, 2.05) is 0 Å². The fourth-order valence-corrected chi connectivity index (χ4v) is 2.40. The number of aromatic amines is 1. The van der Waals surface area contributed by atoms with Crippen molar-refractivity contribution in [3.05, 3.63) is 51.9 Å². The van der Waals surface area contributed by atoms with E-state index in [1.54, 1.807) is 19.1 Å². The molecule has 23 heavy (non-hydrogen) atoms. The number of carbonyl (C=O) groups is 1. The summed E-state index contributed by atoms with van der Waals surface area (Å²) in [6.07, 6.45) is -3.46. The van der Waals surface area contributed by atoms with Crippen LogP contribution in [0.25, 0.3) is 0 Å². The molecule has 0 bridgehead atoms. The van der Waals surface area contributed by atoms with Crippen LogP contribution in [-0.2, 0) is 17.8 Å². The van der Waals surface area contributed by atoms with E-state index < -0.39 is 17.6 Å². The van der Waals surface area contributed by atoms with Crippen LogP contribution in [0, 0.1) is 0 Å². The maximum absolute atomic E-state index is 13.9. The van der Waals surface area contributed by atoms with Crippen molar-refractivity contribution in [1.82, 2.24) is 10.2 Å². The van der Waals surface area contributed by atoms with E-state index in [1.165, 1.54) is 18.2 Å². The van der Waals surface area contributed by atoms with Crippen LogP contribution in [0.3, 0.4) is 0 Å². The normalized spacial score (nSPS) is 16.0. The molecule has 8 heteroatoms. The molecule has 3 rings (SSSR count). The van der Waals surface area contributed by atoms with Crippen LogP contribution >= 0.6 is 0 Å². The lowest BCUT2D eigenvalue weighted by Crippen LogP contribution is -2.50. The quantitative estimate of drug-likeness (QED) is 0.936. The Bertz CT molecular complexity index is 799. The number of halogens is 2. The monoisotopic (exact) mass is 321 g/mol. The van der Waals surface area contributed by atoms with Crippen LogP contribution in [0.2, 0.25) is 0 Å². The number of aromatic nitrogens is 2. The van der Waals surface area contributed by atoms with Gasteiger partial charge < -0.3 is 4.74 Å². The van der Waals surface area contributed by atoms with Crippen molar-refractivity contribution >= 4 is 11.6 Å². The van der Waals surface area contributed by atoms with Gasteiger partial charge in [0.25, 0.3) is 5.56 Å². The number of ether oxygens (including phenoxy) is 1. The smallest absolute Gasteiger partial charge is 0.423 e. The molecule has 120 valence electrons. The molecule has 2 aromatic rings. The first kappa shape index (κ1) is 15.1. The molecule has 0 saturated carbocycles. The first-order valence-electron chi connectivity index (χ1n) is 6.97. The van der Waals surface area contributed by atoms with Crippen molar-refractivity contribution in [3.8, 4) is 5.75 Å². The van der Waals surface area contributed by atoms with Crippen molar-refractivity contribution < 1.29 is 18.3 Å². The highest BCUT2D eigenvalue weighted by Crippen LogP contribution is 2.42. The number of H-pyrrole nitrogens is 1. The van der Waals surface area contributed by atoms with Gasteiger partial charge >= 0.3 is 12.0 Å². The highest BCUT2D eigenvalue weighted by molar-refractivity contribution is 6.01. The van der Waals surface area contributed by atoms with Crippen molar-refractivity contribution in [2.24, 2.45) is 0 Å². The van der Waals surface area contributed by atoms with Crippen LogP contribution in [0.1, 0.15) is 18.2 Å². The third-order valence-corrected chi connectivity index (χ3v) is 3.53. The third kappa shape index (κ3) is 2.67. The molecule has 0 unspecified atom stereocenters. The Morgan fingerprint density at radius 3 is 2.70 bits per heavy atom. The molecule has 0 atom stereocenters. The van der Waals surface area contributed by atoms with Gasteiger partial charge in [0.05, 0.1) is 17.9 Å². The second-order valence-electron chi connectivity index (χ2n) is 5.04. The van der Waals surface area contributed by atoms with Crippen LogP contribution in [-0.4, -0.2) is 22.2 Å². The standard InChI is InChI=1S/C15H13F2N3O3/c1-2-9-4-3-5-11-13(9)23-15(16,17)14(22)20(11)8-10-6-7-12(21)19-18-10/h3-7H,2,8H2,1H3,(H,19,21). The molecule has 0 spiro atoms. The Hall–Kier alpha value is -2.77. The van der Waals surface area contributed by atoms with E-state index in [0.29, 0.717) is 12.0 Å². The predicted octanol–water partition coefficient (Wildman–Crippen LogP) is 1.85. The number of hydrogen-bond acceptors (Lipinski definition) is 4. The zero-order valence-electron chi connectivity index (χ0n) is 12.2. The number of para-hydroxylation sites is 1. The zero-order valence-corrected chi connectivity index (χ0v) is 12.2. The number of fused-ring (bicyclic) bond motifs is 1. The number of carbonyl (C=O) groups excluding carboxylic acids is 1. The molecular weight excluding hydrogens is 308 g/mol. The molecule has 2 heterocycles. The van der Waals surface area contributed by atoms with Crippen molar-refractivity contribution in [3.63, 3.8) is 0 Å². The van der Waals surface area contributed by atoms with E-state index in [4.69, 9.17) is 0 Å². The number of anilines is 1. The van der Waals surface area contributed by atoms with Gasteiger partial charge in [-0.1, -0.05) is 19.1 Å². The van der Waals surface area contributed by atoms with Crippen molar-refractivity contribution in [2.75, 3.05) is 4.90 Å². The average Bonchev–Trinajstić information content (AvgIpc) is 2.53. The molecule has 0 radical (unpaired) electrons. The van der Waals surface area contributed by atoms with Crippen LogP contribution < -0.4 is 15.2 Å². The van der Waals surface area contributed by atoms with E-state index in [-0.39, 0.29) is 23.7 Å². The van der Waals surface area contributed by atoms with Gasteiger partial charge in [0.2, 0.25) is 0 Å². The zero-order chi connectivity index (χ0) is 16.6. The molecule has 1 aliphatic heterocycles. The minimum absolute atomic E-state index is 0.0102. The van der Waals surface area contributed by atoms with Crippen LogP contribution in [0.4, 0.5) is 14.5 Å². The molecule has 6 nitrogen and oxygen atoms in total. The molecule has 1 aromatic heterocycles. The predicted molar refractivity (Wildman–Crippen MR) is 77.4 cm³/mol. The van der Waals surface area contributed by atoms with Gasteiger partial charge in [0.1, 0.15) is 0 Å². The third-order valence-electron chi connectivity index (χ3n) is 3.53. The lowest BCUT2D eigenvalue weighted by atomic mass is 10.1. The SMILES string of the molecule is CCc1cccc2c1OC(F)(F)C(=O)N2Cc1ccc(=O)[nH]n1. The summed E-state index contributed by atoms with van der Waals surface area (Å²) in [5.41, 5.74) is 0.701. The number of nitrogens with zero attached hydrogens (tertiary/aromatic N) is 2. The number of alkyl halides is 2. The average molecular weight is 321 g/mol. The number of aryl methyl sites for hydroxylation is 1. The van der Waals surface area contributed by atoms with Gasteiger partial charge in [-0.2, -0.15) is 13.9 Å². The molecule has 1 aromatic carbocycles. The van der Waals surface area contributed by atoms with E-state index in [0.717, 1.165) is 4.90 Å². The lowest BCUT2D eigenvalue weighted by molar-refractivity contribution is -0.193. The van der Waals surface area contributed by atoms with Gasteiger partial charge in [0.15, 0.2) is 5.75 Å². The summed E-state index contributed by atoms with van der Waals surface area (Å²) in [4.78, 5) is 24.0. The first-order valence-corrected chi connectivity index (χ1v) is 6.97. The largest absolute Gasteiger partial charge is 0.483 e. The maximum atomic E-state index is 13.9. The summed E-state index contributed by atoms with van der Waals surface area (Å²) in [5.74, 6) is -1.48. The summed E-state index contributed by atoms with van der Waals surface area (Å²) in [6.45, 7) is 1.61. The number of benzene rings is 1. The topological polar surface area (TPSA) is 75.3 Å². The number of rotatable bonds is 3. The lowest BCUT2D eigenvalue weighted by Gasteiger charge is -2.34. The van der Waals surface area contributed by atoms with E-state index in [9.17, 15) is 18.4 Å². The molecular formula is C15H13F2N3O3. The Morgan fingerprint density at radius 2 is 2.04 bits per heavy atom. The summed E-state index contributed by atoms with van der Waals surface area (Å²) in [7, 11) is 0. The highest BCUT2D eigenvalue weighted by Gasteiger charge is 2.51. The number of amides is 1. The Labute approximate surface area is 129 Å². The minimum atomic E-state index is -3.94. The second kappa shape index (κ2) is 5.45. The van der Waals surface area contributed by atoms with Gasteiger partial charge in [-0.05, 0) is 24.1 Å². The Balaban J connectivity index is 2.06. The van der Waals surface area contributed by atoms with Crippen molar-refractivity contribution in [2.45, 2.75) is 26.0 Å². The summed E-state index contributed by atoms with van der Waals surface area (Å²) < 4.78 is 32.5. The fraction of sp³-hybridized carbons (Fsp3) is 0.267. The molecule has 1 aliphatic rings. The Kier molecular flexibility index (Phi) is 3.59. The fourth-order valence-electron chi connectivity index (χ4n) is 2.40. The van der Waals surface area contributed by atoms with Gasteiger partial charge in [-0.25, -0.2) is 5.10 Å². The highest BCUT2D eigenvalue weighted by atomic mass is 19.3. The first-order chi connectivity index (χ1) is 10.9. The molecule has 0 saturated heterocycles. The van der Waals surface area contributed by atoms with E-state index in [2.05, 4.69) is 14.9 Å². The molecule has 1 amide bonds. The Morgan fingerprint density at radius 1 is 1.26 bits per heavy atom. The molecule has 1 N–H and O–H groups in total. The molecule has 0 fully saturated rings. The second-order valence-corrected chi connectivity index (χ2v) is 5.04. The number of nitrogens with one attached hydrogen (secondary N) is 1. The molecule has 0 aliphatic carbocycles. The summed E-state index contributed by atoms with van der Waals surface area (Å²) in [5, 5.41) is 5.96. The minimum Gasteiger partial charge on any atom is -0.423 e. The number of hydrogen-bond donors (Lipinski definition) is 1. The maximum Gasteiger partial charge on any atom is 0.483 e.